The Balaban J connectivity index is 1.73. The number of rotatable bonds is 4. The molecular weight excluding hydrogens is 509 g/mol. The Kier molecular flexibility index (Phi) is 6.88. The van der Waals surface area contributed by atoms with E-state index in [9.17, 15) is 0 Å². The van der Waals surface area contributed by atoms with Crippen molar-refractivity contribution >= 4 is 54.7 Å². The van der Waals surface area contributed by atoms with Crippen molar-refractivity contribution in [1.82, 2.24) is 9.30 Å². The van der Waals surface area contributed by atoms with E-state index in [-0.39, 0.29) is 0 Å². The zero-order valence-electron chi connectivity index (χ0n) is 21.4. The Labute approximate surface area is 219 Å². The van der Waals surface area contributed by atoms with E-state index in [1.54, 1.807) is 0 Å². The summed E-state index contributed by atoms with van der Waals surface area (Å²) >= 11 is 0. The standard InChI is InChI=1S/C28H34N2O2Si4/c1-33(25-17-9-5-10-18-25)29-34(2,26-19-11-6-12-20-26)32-36(4,28-23-15-8-16-24-28)30-35(3,31-33)27-21-13-7-14-22-27/h5-24,29-30H,1-4H3. The molecule has 4 atom stereocenters. The maximum Gasteiger partial charge on any atom is 0.285 e. The van der Waals surface area contributed by atoms with Gasteiger partial charge in [-0.25, -0.2) is 0 Å². The van der Waals surface area contributed by atoms with Crippen LogP contribution >= 0.6 is 0 Å². The molecule has 0 aromatic heterocycles. The van der Waals surface area contributed by atoms with Crippen molar-refractivity contribution < 1.29 is 8.23 Å². The smallest absolute Gasteiger partial charge is 0.285 e. The fourth-order valence-electron chi connectivity index (χ4n) is 5.38. The molecule has 0 amide bonds. The zero-order valence-corrected chi connectivity index (χ0v) is 25.4. The molecule has 1 saturated heterocycles. The maximum absolute atomic E-state index is 7.52. The van der Waals surface area contributed by atoms with Gasteiger partial charge in [0.2, 0.25) is 0 Å². The first-order valence-electron chi connectivity index (χ1n) is 12.5. The molecule has 0 spiro atoms. The summed E-state index contributed by atoms with van der Waals surface area (Å²) in [6.07, 6.45) is 0. The summed E-state index contributed by atoms with van der Waals surface area (Å²) in [5.74, 6) is 0. The molecule has 4 aromatic carbocycles. The molecule has 0 bridgehead atoms. The first-order valence-corrected chi connectivity index (χ1v) is 22.1. The second-order valence-corrected chi connectivity index (χ2v) is 24.3. The quantitative estimate of drug-likeness (QED) is 0.389. The van der Waals surface area contributed by atoms with Crippen LogP contribution in [0.2, 0.25) is 26.2 Å². The van der Waals surface area contributed by atoms with Gasteiger partial charge < -0.3 is 17.5 Å². The van der Waals surface area contributed by atoms with Gasteiger partial charge in [0.1, 0.15) is 0 Å². The average Bonchev–Trinajstić information content (AvgIpc) is 2.90. The predicted octanol–water partition coefficient (Wildman–Crippen LogP) is 3.13. The highest BCUT2D eigenvalue weighted by Gasteiger charge is 2.57. The molecule has 4 unspecified atom stereocenters. The maximum atomic E-state index is 7.52. The Bertz CT molecular complexity index is 1080. The summed E-state index contributed by atoms with van der Waals surface area (Å²) in [4.78, 5) is 0. The molecule has 36 heavy (non-hydrogen) atoms. The lowest BCUT2D eigenvalue weighted by atomic mass is 10.4. The van der Waals surface area contributed by atoms with Gasteiger partial charge >= 0.3 is 0 Å². The summed E-state index contributed by atoms with van der Waals surface area (Å²) in [6.45, 7) is 9.18. The molecule has 0 aliphatic carbocycles. The third-order valence-electron chi connectivity index (χ3n) is 7.07. The van der Waals surface area contributed by atoms with Crippen molar-refractivity contribution in [3.63, 3.8) is 0 Å². The van der Waals surface area contributed by atoms with Crippen LogP contribution in [0.5, 0.6) is 0 Å². The number of hydrogen-bond acceptors (Lipinski definition) is 4. The average molecular weight is 543 g/mol. The molecule has 8 heteroatoms. The molecule has 4 nitrogen and oxygen atoms in total. The molecule has 1 heterocycles. The minimum absolute atomic E-state index is 1.23. The van der Waals surface area contributed by atoms with Crippen LogP contribution in [0.15, 0.2) is 121 Å². The second kappa shape index (κ2) is 9.80. The van der Waals surface area contributed by atoms with Gasteiger partial charge in [0.15, 0.2) is 0 Å². The summed E-state index contributed by atoms with van der Waals surface area (Å²) in [5.41, 5.74) is 0. The van der Waals surface area contributed by atoms with Crippen LogP contribution < -0.4 is 30.0 Å². The lowest BCUT2D eigenvalue weighted by Crippen LogP contribution is -2.88. The molecule has 1 aliphatic heterocycles. The molecule has 1 fully saturated rings. The van der Waals surface area contributed by atoms with Gasteiger partial charge in [0.25, 0.3) is 33.9 Å². The van der Waals surface area contributed by atoms with Gasteiger partial charge in [-0.3, -0.25) is 0 Å². The van der Waals surface area contributed by atoms with E-state index in [2.05, 4.69) is 157 Å². The lowest BCUT2D eigenvalue weighted by Gasteiger charge is -2.51. The Morgan fingerprint density at radius 2 is 0.556 bits per heavy atom. The van der Waals surface area contributed by atoms with Crippen LogP contribution in [0.3, 0.4) is 0 Å². The van der Waals surface area contributed by atoms with Crippen LogP contribution in [-0.4, -0.2) is 33.9 Å². The van der Waals surface area contributed by atoms with Crippen LogP contribution in [0.4, 0.5) is 0 Å². The van der Waals surface area contributed by atoms with E-state index in [0.29, 0.717) is 0 Å². The SMILES string of the molecule is C[Si]1(c2ccccc2)N[Si](C)(c2ccccc2)O[Si](C)(c2ccccc2)N[Si](C)(c2ccccc2)O1. The van der Waals surface area contributed by atoms with Crippen molar-refractivity contribution in [2.24, 2.45) is 0 Å². The molecule has 184 valence electrons. The van der Waals surface area contributed by atoms with Crippen molar-refractivity contribution in [2.75, 3.05) is 0 Å². The molecular formula is C28H34N2O2Si4. The third-order valence-corrected chi connectivity index (χ3v) is 27.0. The highest BCUT2D eigenvalue weighted by molar-refractivity contribution is 7.11. The monoisotopic (exact) mass is 542 g/mol. The summed E-state index contributed by atoms with van der Waals surface area (Å²) in [5, 5.41) is 4.91. The Hall–Kier alpha value is -2.41. The Morgan fingerprint density at radius 3 is 0.750 bits per heavy atom. The Morgan fingerprint density at radius 1 is 0.361 bits per heavy atom. The fraction of sp³-hybridized carbons (Fsp3) is 0.143. The van der Waals surface area contributed by atoms with Crippen molar-refractivity contribution in [3.05, 3.63) is 121 Å². The highest BCUT2D eigenvalue weighted by atomic mass is 28.5. The molecule has 5 rings (SSSR count). The zero-order chi connectivity index (χ0) is 25.3. The van der Waals surface area contributed by atoms with E-state index >= 15 is 0 Å². The van der Waals surface area contributed by atoms with Crippen LogP contribution in [-0.2, 0) is 8.23 Å². The molecule has 2 N–H and O–H groups in total. The molecule has 0 saturated carbocycles. The number of hydrogen-bond donors (Lipinski definition) is 2. The van der Waals surface area contributed by atoms with E-state index in [0.717, 1.165) is 0 Å². The minimum atomic E-state index is -2.69. The van der Waals surface area contributed by atoms with Crippen LogP contribution in [0, 0.1) is 0 Å². The first kappa shape index (κ1) is 25.2. The summed E-state index contributed by atoms with van der Waals surface area (Å²) < 4.78 is 23.3. The number of benzene rings is 4. The number of nitrogens with one attached hydrogen (secondary N) is 2. The van der Waals surface area contributed by atoms with Crippen molar-refractivity contribution in [1.29, 1.82) is 0 Å². The molecule has 0 radical (unpaired) electrons. The summed E-state index contributed by atoms with van der Waals surface area (Å²) in [7, 11) is -10.7. The van der Waals surface area contributed by atoms with Gasteiger partial charge in [0.05, 0.1) is 0 Å². The van der Waals surface area contributed by atoms with Gasteiger partial charge in [-0.05, 0) is 46.9 Å². The third kappa shape index (κ3) is 4.91. The topological polar surface area (TPSA) is 42.5 Å². The van der Waals surface area contributed by atoms with E-state index in [1.165, 1.54) is 20.7 Å². The van der Waals surface area contributed by atoms with E-state index in [1.807, 2.05) is 0 Å². The minimum Gasteiger partial charge on any atom is -0.427 e. The molecule has 4 aromatic rings. The largest absolute Gasteiger partial charge is 0.427 e. The van der Waals surface area contributed by atoms with Gasteiger partial charge in [-0.2, -0.15) is 0 Å². The predicted molar refractivity (Wildman–Crippen MR) is 159 cm³/mol. The normalized spacial score (nSPS) is 30.8. The van der Waals surface area contributed by atoms with Crippen molar-refractivity contribution in [2.45, 2.75) is 26.2 Å². The van der Waals surface area contributed by atoms with Crippen molar-refractivity contribution in [3.8, 4) is 0 Å². The second-order valence-electron chi connectivity index (χ2n) is 10.1. The lowest BCUT2D eigenvalue weighted by molar-refractivity contribution is 0.483. The van der Waals surface area contributed by atoms with Gasteiger partial charge in [0, 0.05) is 0 Å². The van der Waals surface area contributed by atoms with E-state index in [4.69, 9.17) is 8.23 Å². The molecule has 1 aliphatic rings. The first-order chi connectivity index (χ1) is 17.2. The van der Waals surface area contributed by atoms with Gasteiger partial charge in [-0.1, -0.05) is 121 Å². The highest BCUT2D eigenvalue weighted by Crippen LogP contribution is 2.23. The van der Waals surface area contributed by atoms with Gasteiger partial charge in [-0.15, -0.1) is 0 Å². The van der Waals surface area contributed by atoms with Crippen LogP contribution in [0.25, 0.3) is 0 Å². The summed E-state index contributed by atoms with van der Waals surface area (Å²) in [6, 6.07) is 42.8. The fourth-order valence-corrected chi connectivity index (χ4v) is 29.4. The van der Waals surface area contributed by atoms with Crippen LogP contribution in [0.1, 0.15) is 0 Å². The van der Waals surface area contributed by atoms with E-state index < -0.39 is 33.9 Å².